The molecule has 6 nitrogen and oxygen atoms in total. The molecule has 3 N–H and O–H groups in total. The number of unbranched alkanes of at least 4 members (excludes halogenated alkanes) is 3. The van der Waals surface area contributed by atoms with Crippen molar-refractivity contribution in [3.63, 3.8) is 0 Å². The monoisotopic (exact) mass is 410 g/mol. The number of nitrogens with one attached hydrogen (secondary N) is 1. The van der Waals surface area contributed by atoms with E-state index in [4.69, 9.17) is 20.6 Å². The SMILES string of the molecule is Br.CCCCCCC1(C(=O)OCC)CC(CSC(=N)N)OC1=O. The number of esters is 2. The summed E-state index contributed by atoms with van der Waals surface area (Å²) in [6, 6.07) is 0. The molecule has 1 saturated heterocycles. The minimum absolute atomic E-state index is 0. The second-order valence-electron chi connectivity index (χ2n) is 5.52. The van der Waals surface area contributed by atoms with Crippen LogP contribution in [0.3, 0.4) is 0 Å². The predicted molar refractivity (Wildman–Crippen MR) is 97.0 cm³/mol. The molecule has 0 aromatic rings. The van der Waals surface area contributed by atoms with E-state index in [-0.39, 0.29) is 28.8 Å². The van der Waals surface area contributed by atoms with Crippen molar-refractivity contribution in [1.82, 2.24) is 0 Å². The van der Waals surface area contributed by atoms with Crippen molar-refractivity contribution in [2.24, 2.45) is 11.1 Å². The maximum atomic E-state index is 12.3. The zero-order valence-electron chi connectivity index (χ0n) is 13.8. The van der Waals surface area contributed by atoms with Gasteiger partial charge in [0.15, 0.2) is 10.6 Å². The van der Waals surface area contributed by atoms with E-state index < -0.39 is 23.5 Å². The molecule has 1 rings (SSSR count). The van der Waals surface area contributed by atoms with Crippen LogP contribution in [0.15, 0.2) is 0 Å². The van der Waals surface area contributed by atoms with Gasteiger partial charge in [-0.2, -0.15) is 0 Å². The Kier molecular flexibility index (Phi) is 10.6. The standard InChI is InChI=1S/C15H26N2O4S.BrH/c1-3-5-6-7-8-15(12(18)20-4-2)9-11(21-13(15)19)10-22-14(16)17;/h11H,3-10H2,1-2H3,(H3,16,17);1H. The number of amidine groups is 1. The number of cyclic esters (lactones) is 1. The van der Waals surface area contributed by atoms with E-state index in [9.17, 15) is 9.59 Å². The highest BCUT2D eigenvalue weighted by molar-refractivity contribution is 8.93. The zero-order valence-corrected chi connectivity index (χ0v) is 16.3. The second-order valence-corrected chi connectivity index (χ2v) is 6.58. The van der Waals surface area contributed by atoms with E-state index in [2.05, 4.69) is 6.92 Å². The van der Waals surface area contributed by atoms with Crippen LogP contribution in [0.5, 0.6) is 0 Å². The number of rotatable bonds is 9. The van der Waals surface area contributed by atoms with E-state index in [1.807, 2.05) is 0 Å². The van der Waals surface area contributed by atoms with E-state index >= 15 is 0 Å². The third-order valence-electron chi connectivity index (χ3n) is 3.79. The number of carbonyl (C=O) groups is 2. The number of halogens is 1. The van der Waals surface area contributed by atoms with Gasteiger partial charge in [0.2, 0.25) is 0 Å². The summed E-state index contributed by atoms with van der Waals surface area (Å²) in [7, 11) is 0. The first-order chi connectivity index (χ1) is 10.5. The Hall–Kier alpha value is -0.760. The highest BCUT2D eigenvalue weighted by Gasteiger charge is 2.55. The van der Waals surface area contributed by atoms with Crippen LogP contribution in [0.1, 0.15) is 52.4 Å². The molecule has 0 bridgehead atoms. The number of hydrogen-bond acceptors (Lipinski definition) is 6. The van der Waals surface area contributed by atoms with Crippen molar-refractivity contribution in [1.29, 1.82) is 5.41 Å². The van der Waals surface area contributed by atoms with Gasteiger partial charge in [-0.05, 0) is 13.3 Å². The van der Waals surface area contributed by atoms with Crippen LogP contribution >= 0.6 is 28.7 Å². The molecular weight excluding hydrogens is 384 g/mol. The van der Waals surface area contributed by atoms with E-state index in [1.54, 1.807) is 6.92 Å². The van der Waals surface area contributed by atoms with Gasteiger partial charge in [0.25, 0.3) is 0 Å². The van der Waals surface area contributed by atoms with Crippen molar-refractivity contribution in [2.45, 2.75) is 58.5 Å². The molecule has 8 heteroatoms. The van der Waals surface area contributed by atoms with Crippen LogP contribution in [0.2, 0.25) is 0 Å². The molecule has 1 heterocycles. The first-order valence-electron chi connectivity index (χ1n) is 7.81. The maximum absolute atomic E-state index is 12.3. The van der Waals surface area contributed by atoms with Gasteiger partial charge >= 0.3 is 11.9 Å². The third-order valence-corrected chi connectivity index (χ3v) is 4.64. The summed E-state index contributed by atoms with van der Waals surface area (Å²) in [5, 5.41) is 7.20. The van der Waals surface area contributed by atoms with Crippen molar-refractivity contribution >= 4 is 45.8 Å². The lowest BCUT2D eigenvalue weighted by Crippen LogP contribution is -2.37. The lowest BCUT2D eigenvalue weighted by molar-refractivity contribution is -0.165. The molecule has 1 aliphatic rings. The Morgan fingerprint density at radius 1 is 1.43 bits per heavy atom. The number of nitrogens with two attached hydrogens (primary N) is 1. The number of carbonyl (C=O) groups excluding carboxylic acids is 2. The molecule has 2 atom stereocenters. The van der Waals surface area contributed by atoms with Gasteiger partial charge < -0.3 is 15.2 Å². The summed E-state index contributed by atoms with van der Waals surface area (Å²) in [4.78, 5) is 24.6. The Morgan fingerprint density at radius 2 is 2.13 bits per heavy atom. The molecule has 1 aliphatic heterocycles. The van der Waals surface area contributed by atoms with Gasteiger partial charge in [-0.25, -0.2) is 0 Å². The molecule has 0 aliphatic carbocycles. The first kappa shape index (κ1) is 22.2. The van der Waals surface area contributed by atoms with Crippen LogP contribution in [-0.2, 0) is 19.1 Å². The quantitative estimate of drug-likeness (QED) is 0.199. The van der Waals surface area contributed by atoms with Crippen molar-refractivity contribution in [3.05, 3.63) is 0 Å². The Bertz CT molecular complexity index is 422. The van der Waals surface area contributed by atoms with Crippen LogP contribution in [-0.4, -0.2) is 35.6 Å². The minimum Gasteiger partial charge on any atom is -0.465 e. The lowest BCUT2D eigenvalue weighted by Gasteiger charge is -2.22. The summed E-state index contributed by atoms with van der Waals surface area (Å²) in [5.74, 6) is -0.569. The van der Waals surface area contributed by atoms with Crippen LogP contribution in [0.4, 0.5) is 0 Å². The van der Waals surface area contributed by atoms with Gasteiger partial charge in [-0.15, -0.1) is 17.0 Å². The van der Waals surface area contributed by atoms with Gasteiger partial charge in [-0.3, -0.25) is 15.0 Å². The summed E-state index contributed by atoms with van der Waals surface area (Å²) >= 11 is 1.12. The van der Waals surface area contributed by atoms with Crippen LogP contribution in [0.25, 0.3) is 0 Å². The molecule has 0 radical (unpaired) electrons. The summed E-state index contributed by atoms with van der Waals surface area (Å²) in [6.07, 6.45) is 4.35. The average Bonchev–Trinajstić information content (AvgIpc) is 2.79. The van der Waals surface area contributed by atoms with Gasteiger partial charge in [-0.1, -0.05) is 44.4 Å². The first-order valence-corrected chi connectivity index (χ1v) is 8.80. The predicted octanol–water partition coefficient (Wildman–Crippen LogP) is 3.03. The Labute approximate surface area is 152 Å². The fourth-order valence-electron chi connectivity index (χ4n) is 2.65. The van der Waals surface area contributed by atoms with E-state index in [1.165, 1.54) is 0 Å². The largest absolute Gasteiger partial charge is 0.465 e. The fourth-order valence-corrected chi connectivity index (χ4v) is 3.20. The maximum Gasteiger partial charge on any atom is 0.323 e. The van der Waals surface area contributed by atoms with Gasteiger partial charge in [0, 0.05) is 12.2 Å². The second kappa shape index (κ2) is 10.9. The van der Waals surface area contributed by atoms with Crippen LogP contribution < -0.4 is 5.73 Å². The Morgan fingerprint density at radius 3 is 2.70 bits per heavy atom. The molecule has 0 spiro atoms. The molecule has 0 aromatic carbocycles. The minimum atomic E-state index is -1.17. The van der Waals surface area contributed by atoms with Gasteiger partial charge in [0.1, 0.15) is 6.10 Å². The van der Waals surface area contributed by atoms with Crippen molar-refractivity contribution in [3.8, 4) is 0 Å². The highest BCUT2D eigenvalue weighted by Crippen LogP contribution is 2.41. The average molecular weight is 411 g/mol. The summed E-state index contributed by atoms with van der Waals surface area (Å²) < 4.78 is 10.5. The molecule has 0 aromatic heterocycles. The summed E-state index contributed by atoms with van der Waals surface area (Å²) in [6.45, 7) is 4.09. The molecule has 134 valence electrons. The number of thioether (sulfide) groups is 1. The Balaban J connectivity index is 0.00000484. The number of hydrogen-bond donors (Lipinski definition) is 2. The smallest absolute Gasteiger partial charge is 0.323 e. The van der Waals surface area contributed by atoms with E-state index in [0.29, 0.717) is 18.6 Å². The molecular formula is C15H27BrN2O4S. The molecule has 0 amide bonds. The molecule has 23 heavy (non-hydrogen) atoms. The van der Waals surface area contributed by atoms with Gasteiger partial charge in [0.05, 0.1) is 6.61 Å². The third kappa shape index (κ3) is 6.33. The molecule has 1 fully saturated rings. The van der Waals surface area contributed by atoms with Crippen molar-refractivity contribution in [2.75, 3.05) is 12.4 Å². The zero-order chi connectivity index (χ0) is 16.6. The molecule has 0 saturated carbocycles. The number of ether oxygens (including phenoxy) is 2. The highest BCUT2D eigenvalue weighted by atomic mass is 79.9. The fraction of sp³-hybridized carbons (Fsp3) is 0.800. The lowest BCUT2D eigenvalue weighted by atomic mass is 9.80. The van der Waals surface area contributed by atoms with Crippen LogP contribution in [0, 0.1) is 10.8 Å². The molecule has 2 unspecified atom stereocenters. The van der Waals surface area contributed by atoms with Crippen molar-refractivity contribution < 1.29 is 19.1 Å². The topological polar surface area (TPSA) is 102 Å². The van der Waals surface area contributed by atoms with E-state index in [0.717, 1.165) is 37.4 Å². The summed E-state index contributed by atoms with van der Waals surface area (Å²) in [5.41, 5.74) is 4.13. The normalized spacial score (nSPS) is 23.0.